The Kier molecular flexibility index (Phi) is 7.45. The van der Waals surface area contributed by atoms with Crippen LogP contribution in [0.15, 0.2) is 53.4 Å². The number of hydrogen-bond acceptors (Lipinski definition) is 7. The van der Waals surface area contributed by atoms with Crippen molar-refractivity contribution in [2.24, 2.45) is 0 Å². The molecule has 1 heterocycles. The zero-order valence-corrected chi connectivity index (χ0v) is 19.2. The van der Waals surface area contributed by atoms with E-state index in [-0.39, 0.29) is 42.7 Å². The standard InChI is InChI=1S/C21H27NO7S2/c1-3-22(15-18-16-28-20-7-5-6-8-21(20)29-18)31(25,26)19-11-9-17(10-12-19)27-13-14-30(23,24)4-2/h5-12,18H,3-4,13-16H2,1-2H3. The molecule has 8 nitrogen and oxygen atoms in total. The summed E-state index contributed by atoms with van der Waals surface area (Å²) in [5.41, 5.74) is 0. The molecule has 0 N–H and O–H groups in total. The Morgan fingerprint density at radius 1 is 1.00 bits per heavy atom. The maximum absolute atomic E-state index is 13.1. The molecular formula is C21H27NO7S2. The summed E-state index contributed by atoms with van der Waals surface area (Å²) in [4.78, 5) is 0.125. The second-order valence-corrected chi connectivity index (χ2v) is 11.4. The van der Waals surface area contributed by atoms with Gasteiger partial charge in [-0.1, -0.05) is 26.0 Å². The van der Waals surface area contributed by atoms with E-state index >= 15 is 0 Å². The average molecular weight is 470 g/mol. The predicted molar refractivity (Wildman–Crippen MR) is 117 cm³/mol. The summed E-state index contributed by atoms with van der Waals surface area (Å²) >= 11 is 0. The van der Waals surface area contributed by atoms with Crippen molar-refractivity contribution in [3.05, 3.63) is 48.5 Å². The molecule has 1 atom stereocenters. The fourth-order valence-electron chi connectivity index (χ4n) is 3.07. The molecule has 0 fully saturated rings. The van der Waals surface area contributed by atoms with Gasteiger partial charge in [0.2, 0.25) is 10.0 Å². The van der Waals surface area contributed by atoms with E-state index in [9.17, 15) is 16.8 Å². The first-order chi connectivity index (χ1) is 14.7. The highest BCUT2D eigenvalue weighted by Crippen LogP contribution is 2.31. The van der Waals surface area contributed by atoms with Crippen LogP contribution in [0.25, 0.3) is 0 Å². The number of nitrogens with zero attached hydrogens (tertiary/aromatic N) is 1. The summed E-state index contributed by atoms with van der Waals surface area (Å²) in [6.07, 6.45) is -0.423. The first-order valence-electron chi connectivity index (χ1n) is 10.1. The molecule has 31 heavy (non-hydrogen) atoms. The van der Waals surface area contributed by atoms with Crippen LogP contribution in [0.3, 0.4) is 0 Å². The molecule has 0 amide bonds. The lowest BCUT2D eigenvalue weighted by Gasteiger charge is -2.30. The van der Waals surface area contributed by atoms with Crippen LogP contribution in [-0.4, -0.2) is 65.1 Å². The molecule has 0 radical (unpaired) electrons. The summed E-state index contributed by atoms with van der Waals surface area (Å²) in [6, 6.07) is 13.2. The molecule has 0 spiro atoms. The molecule has 0 bridgehead atoms. The molecule has 3 rings (SSSR count). The number of ether oxygens (including phenoxy) is 3. The lowest BCUT2D eigenvalue weighted by molar-refractivity contribution is 0.0771. The largest absolute Gasteiger partial charge is 0.493 e. The molecule has 1 aliphatic heterocycles. The zero-order chi connectivity index (χ0) is 22.5. The molecule has 2 aromatic carbocycles. The van der Waals surface area contributed by atoms with E-state index in [1.54, 1.807) is 26.0 Å². The minimum Gasteiger partial charge on any atom is -0.493 e. The van der Waals surface area contributed by atoms with E-state index in [0.717, 1.165) is 0 Å². The molecule has 1 unspecified atom stereocenters. The highest BCUT2D eigenvalue weighted by atomic mass is 32.2. The van der Waals surface area contributed by atoms with Gasteiger partial charge in [0.1, 0.15) is 25.1 Å². The van der Waals surface area contributed by atoms with Crippen molar-refractivity contribution < 1.29 is 31.0 Å². The molecule has 0 aliphatic carbocycles. The summed E-state index contributed by atoms with van der Waals surface area (Å²) < 4.78 is 67.6. The van der Waals surface area contributed by atoms with E-state index in [4.69, 9.17) is 14.2 Å². The van der Waals surface area contributed by atoms with Crippen LogP contribution in [0.2, 0.25) is 0 Å². The van der Waals surface area contributed by atoms with Gasteiger partial charge in [0.25, 0.3) is 0 Å². The molecule has 10 heteroatoms. The maximum Gasteiger partial charge on any atom is 0.243 e. The normalized spacial score (nSPS) is 16.3. The van der Waals surface area contributed by atoms with Gasteiger partial charge in [0.15, 0.2) is 21.3 Å². The van der Waals surface area contributed by atoms with Gasteiger partial charge in [-0.3, -0.25) is 0 Å². The van der Waals surface area contributed by atoms with E-state index in [0.29, 0.717) is 17.2 Å². The van der Waals surface area contributed by atoms with Crippen LogP contribution in [0, 0.1) is 0 Å². The van der Waals surface area contributed by atoms with Gasteiger partial charge in [-0.15, -0.1) is 0 Å². The van der Waals surface area contributed by atoms with Crippen LogP contribution in [-0.2, 0) is 19.9 Å². The van der Waals surface area contributed by atoms with Crippen molar-refractivity contribution in [3.8, 4) is 17.2 Å². The Labute approximate surface area is 183 Å². The average Bonchev–Trinajstić information content (AvgIpc) is 2.77. The van der Waals surface area contributed by atoms with Crippen molar-refractivity contribution in [2.75, 3.05) is 37.8 Å². The van der Waals surface area contributed by atoms with Gasteiger partial charge in [-0.2, -0.15) is 4.31 Å². The van der Waals surface area contributed by atoms with Crippen molar-refractivity contribution in [2.45, 2.75) is 24.8 Å². The summed E-state index contributed by atoms with van der Waals surface area (Å²) in [5, 5.41) is 0. The van der Waals surface area contributed by atoms with Gasteiger partial charge in [-0.25, -0.2) is 16.8 Å². The summed E-state index contributed by atoms with van der Waals surface area (Å²) in [6.45, 7) is 4.05. The molecule has 0 saturated carbocycles. The highest BCUT2D eigenvalue weighted by Gasteiger charge is 2.29. The van der Waals surface area contributed by atoms with E-state index in [1.165, 1.54) is 28.6 Å². The van der Waals surface area contributed by atoms with Crippen molar-refractivity contribution in [1.29, 1.82) is 0 Å². The smallest absolute Gasteiger partial charge is 0.243 e. The fraction of sp³-hybridized carbons (Fsp3) is 0.429. The summed E-state index contributed by atoms with van der Waals surface area (Å²) in [5.74, 6) is 1.63. The molecule has 1 aliphatic rings. The van der Waals surface area contributed by atoms with Crippen LogP contribution >= 0.6 is 0 Å². The second-order valence-electron chi connectivity index (χ2n) is 7.01. The van der Waals surface area contributed by atoms with Crippen LogP contribution in [0.4, 0.5) is 0 Å². The number of para-hydroxylation sites is 2. The maximum atomic E-state index is 13.1. The Hall–Kier alpha value is -2.30. The highest BCUT2D eigenvalue weighted by molar-refractivity contribution is 7.91. The Bertz CT molecular complexity index is 1080. The first kappa shape index (κ1) is 23.4. The molecule has 0 saturated heterocycles. The Morgan fingerprint density at radius 2 is 1.68 bits per heavy atom. The third kappa shape index (κ3) is 5.90. The Morgan fingerprint density at radius 3 is 2.32 bits per heavy atom. The molecular weight excluding hydrogens is 442 g/mol. The van der Waals surface area contributed by atoms with Crippen molar-refractivity contribution in [1.82, 2.24) is 4.31 Å². The van der Waals surface area contributed by atoms with Crippen LogP contribution in [0.1, 0.15) is 13.8 Å². The lowest BCUT2D eigenvalue weighted by atomic mass is 10.2. The van der Waals surface area contributed by atoms with Crippen LogP contribution in [0.5, 0.6) is 17.2 Å². The molecule has 2 aromatic rings. The molecule has 170 valence electrons. The van der Waals surface area contributed by atoms with E-state index < -0.39 is 26.0 Å². The number of fused-ring (bicyclic) bond motifs is 1. The van der Waals surface area contributed by atoms with Crippen molar-refractivity contribution >= 4 is 19.9 Å². The number of hydrogen-bond donors (Lipinski definition) is 0. The molecule has 0 aromatic heterocycles. The third-order valence-electron chi connectivity index (χ3n) is 4.89. The monoisotopic (exact) mass is 469 g/mol. The van der Waals surface area contributed by atoms with E-state index in [2.05, 4.69) is 0 Å². The quantitative estimate of drug-likeness (QED) is 0.527. The topological polar surface area (TPSA) is 99.2 Å². The van der Waals surface area contributed by atoms with Gasteiger partial charge >= 0.3 is 0 Å². The van der Waals surface area contributed by atoms with Crippen LogP contribution < -0.4 is 14.2 Å². The number of sulfone groups is 1. The predicted octanol–water partition coefficient (Wildman–Crippen LogP) is 2.35. The third-order valence-corrected chi connectivity index (χ3v) is 8.52. The number of rotatable bonds is 10. The minimum absolute atomic E-state index is 0.0177. The van der Waals surface area contributed by atoms with Gasteiger partial charge in [-0.05, 0) is 36.4 Å². The first-order valence-corrected chi connectivity index (χ1v) is 13.3. The van der Waals surface area contributed by atoms with Gasteiger partial charge in [0, 0.05) is 12.3 Å². The SMILES string of the molecule is CCN(CC1COc2ccccc2O1)S(=O)(=O)c1ccc(OCCS(=O)(=O)CC)cc1. The Balaban J connectivity index is 1.64. The van der Waals surface area contributed by atoms with Gasteiger partial charge < -0.3 is 14.2 Å². The van der Waals surface area contributed by atoms with Gasteiger partial charge in [0.05, 0.1) is 17.2 Å². The summed E-state index contributed by atoms with van der Waals surface area (Å²) in [7, 11) is -6.86. The fourth-order valence-corrected chi connectivity index (χ4v) is 5.17. The number of benzene rings is 2. The number of sulfonamides is 1. The zero-order valence-electron chi connectivity index (χ0n) is 17.6. The number of likely N-dealkylation sites (N-methyl/N-ethyl adjacent to an activating group) is 1. The minimum atomic E-state index is -3.75. The lowest BCUT2D eigenvalue weighted by Crippen LogP contribution is -2.43. The second kappa shape index (κ2) is 9.88. The van der Waals surface area contributed by atoms with E-state index in [1.807, 2.05) is 12.1 Å². The van der Waals surface area contributed by atoms with Crippen molar-refractivity contribution in [3.63, 3.8) is 0 Å².